The minimum atomic E-state index is -0.450. The van der Waals surface area contributed by atoms with Crippen LogP contribution < -0.4 is 0 Å². The summed E-state index contributed by atoms with van der Waals surface area (Å²) in [4.78, 5) is 28.8. The van der Waals surface area contributed by atoms with Gasteiger partial charge < -0.3 is 24.4 Å². The molecule has 0 bridgehead atoms. The first-order valence-corrected chi connectivity index (χ1v) is 11.7. The van der Waals surface area contributed by atoms with Crippen molar-refractivity contribution >= 4 is 12.0 Å². The van der Waals surface area contributed by atoms with Crippen molar-refractivity contribution in [1.82, 2.24) is 24.8 Å². The summed E-state index contributed by atoms with van der Waals surface area (Å²) in [6.07, 6.45) is 1.81. The Balaban J connectivity index is 1.71. The zero-order valence-electron chi connectivity index (χ0n) is 20.2. The lowest BCUT2D eigenvalue weighted by atomic mass is 10.0. The van der Waals surface area contributed by atoms with Crippen LogP contribution in [-0.2, 0) is 34.0 Å². The molecule has 2 aromatic rings. The first-order valence-electron chi connectivity index (χ1n) is 11.7. The maximum Gasteiger partial charge on any atom is 0.409 e. The number of carbonyl (C=O) groups excluding carboxylic acids is 2. The molecule has 34 heavy (non-hydrogen) atoms. The number of fused-ring (bicyclic) bond motifs is 1. The fourth-order valence-electron chi connectivity index (χ4n) is 3.92. The largest absolute Gasteiger partial charge is 0.445 e. The summed E-state index contributed by atoms with van der Waals surface area (Å²) in [6, 6.07) is 9.19. The zero-order chi connectivity index (χ0) is 24.5. The molecular formula is C24H35N5O5. The number of aryl methyl sites for hydroxylation is 1. The number of aromatic nitrogens is 3. The van der Waals surface area contributed by atoms with Gasteiger partial charge in [0.1, 0.15) is 6.61 Å². The molecule has 0 fully saturated rings. The zero-order valence-corrected chi connectivity index (χ0v) is 20.2. The van der Waals surface area contributed by atoms with Gasteiger partial charge in [0, 0.05) is 32.5 Å². The second kappa shape index (κ2) is 12.5. The molecule has 3 atom stereocenters. The van der Waals surface area contributed by atoms with E-state index in [1.54, 1.807) is 22.8 Å². The summed E-state index contributed by atoms with van der Waals surface area (Å²) < 4.78 is 13.4. The van der Waals surface area contributed by atoms with Gasteiger partial charge in [-0.3, -0.25) is 4.79 Å². The molecule has 0 unspecified atom stereocenters. The molecule has 0 radical (unpaired) electrons. The number of benzene rings is 1. The Labute approximate surface area is 200 Å². The predicted octanol–water partition coefficient (Wildman–Crippen LogP) is 2.07. The summed E-state index contributed by atoms with van der Waals surface area (Å²) in [7, 11) is 1.67. The average Bonchev–Trinajstić information content (AvgIpc) is 3.29. The first kappa shape index (κ1) is 25.6. The molecule has 10 heteroatoms. The van der Waals surface area contributed by atoms with Gasteiger partial charge in [-0.05, 0) is 18.9 Å². The van der Waals surface area contributed by atoms with Crippen LogP contribution in [0.5, 0.6) is 0 Å². The highest BCUT2D eigenvalue weighted by atomic mass is 16.6. The molecule has 186 valence electrons. The molecule has 1 N–H and O–H groups in total. The van der Waals surface area contributed by atoms with Gasteiger partial charge in [-0.25, -0.2) is 9.48 Å². The minimum Gasteiger partial charge on any atom is -0.445 e. The van der Waals surface area contributed by atoms with Gasteiger partial charge in [-0.15, -0.1) is 5.10 Å². The highest BCUT2D eigenvalue weighted by molar-refractivity contribution is 5.76. The molecule has 0 spiro atoms. The van der Waals surface area contributed by atoms with Crippen molar-refractivity contribution in [1.29, 1.82) is 0 Å². The van der Waals surface area contributed by atoms with E-state index in [0.29, 0.717) is 32.5 Å². The lowest BCUT2D eigenvalue weighted by Gasteiger charge is -2.35. The Morgan fingerprint density at radius 3 is 2.85 bits per heavy atom. The summed E-state index contributed by atoms with van der Waals surface area (Å²) >= 11 is 0. The van der Waals surface area contributed by atoms with E-state index >= 15 is 0 Å². The third kappa shape index (κ3) is 7.01. The maximum atomic E-state index is 12.9. The number of nitrogens with zero attached hydrogens (tertiary/aromatic N) is 5. The number of amides is 2. The summed E-state index contributed by atoms with van der Waals surface area (Å²) in [5.41, 5.74) is 1.73. The Bertz CT molecular complexity index is 921. The average molecular weight is 474 g/mol. The van der Waals surface area contributed by atoms with Gasteiger partial charge in [-0.1, -0.05) is 42.5 Å². The molecular weight excluding hydrogens is 438 g/mol. The number of rotatable bonds is 6. The lowest BCUT2D eigenvalue weighted by Crippen LogP contribution is -2.48. The van der Waals surface area contributed by atoms with E-state index in [1.165, 1.54) is 4.90 Å². The molecule has 0 saturated heterocycles. The van der Waals surface area contributed by atoms with Crippen LogP contribution >= 0.6 is 0 Å². The first-order chi connectivity index (χ1) is 16.4. The number of ether oxygens (including phenoxy) is 2. The fourth-order valence-corrected chi connectivity index (χ4v) is 3.92. The van der Waals surface area contributed by atoms with Gasteiger partial charge >= 0.3 is 6.09 Å². The molecule has 3 rings (SSSR count). The fraction of sp³-hybridized carbons (Fsp3) is 0.583. The number of aliphatic hydroxyl groups excluding tert-OH is 1. The predicted molar refractivity (Wildman–Crippen MR) is 125 cm³/mol. The Morgan fingerprint density at radius 2 is 2.12 bits per heavy atom. The van der Waals surface area contributed by atoms with E-state index in [2.05, 4.69) is 10.3 Å². The molecule has 1 aliphatic heterocycles. The van der Waals surface area contributed by atoms with Gasteiger partial charge in [0.15, 0.2) is 0 Å². The van der Waals surface area contributed by atoms with Crippen LogP contribution in [0.2, 0.25) is 0 Å². The van der Waals surface area contributed by atoms with Gasteiger partial charge in [0.05, 0.1) is 43.8 Å². The second-order valence-electron chi connectivity index (χ2n) is 8.88. The van der Waals surface area contributed by atoms with Crippen molar-refractivity contribution in [3.8, 4) is 0 Å². The molecule has 1 aromatic heterocycles. The highest BCUT2D eigenvalue weighted by Crippen LogP contribution is 2.18. The standard InChI is InChI=1S/C24H35N5O5/c1-18-13-28(19(2)15-30)23(31)10-7-11-29-21(12-25-26-29)17-33-22(18)14-27(3)24(32)34-16-20-8-5-4-6-9-20/h4-6,8-9,12,18-19,22,30H,7,10-11,13-17H2,1-3H3/t18-,19-,22-/m1/s1. The summed E-state index contributed by atoms with van der Waals surface area (Å²) in [5, 5.41) is 17.8. The van der Waals surface area contributed by atoms with Gasteiger partial charge in [0.2, 0.25) is 5.91 Å². The third-order valence-corrected chi connectivity index (χ3v) is 6.11. The van der Waals surface area contributed by atoms with Crippen LogP contribution in [-0.4, -0.2) is 80.8 Å². The van der Waals surface area contributed by atoms with E-state index in [4.69, 9.17) is 9.47 Å². The third-order valence-electron chi connectivity index (χ3n) is 6.11. The van der Waals surface area contributed by atoms with E-state index in [9.17, 15) is 14.7 Å². The molecule has 2 amide bonds. The number of hydrogen-bond acceptors (Lipinski definition) is 7. The summed E-state index contributed by atoms with van der Waals surface area (Å²) in [5.74, 6) is -0.129. The van der Waals surface area contributed by atoms with Gasteiger partial charge in [-0.2, -0.15) is 0 Å². The second-order valence-corrected chi connectivity index (χ2v) is 8.88. The van der Waals surface area contributed by atoms with Crippen molar-refractivity contribution < 1.29 is 24.2 Å². The van der Waals surface area contributed by atoms with Crippen LogP contribution in [0.4, 0.5) is 4.79 Å². The number of hydrogen-bond donors (Lipinski definition) is 1. The van der Waals surface area contributed by atoms with Crippen molar-refractivity contribution in [2.75, 3.05) is 26.7 Å². The normalized spacial score (nSPS) is 20.6. The van der Waals surface area contributed by atoms with Crippen LogP contribution in [0.3, 0.4) is 0 Å². The number of aliphatic hydroxyl groups is 1. The topological polar surface area (TPSA) is 110 Å². The molecule has 0 aliphatic carbocycles. The Morgan fingerprint density at radius 1 is 1.35 bits per heavy atom. The number of likely N-dealkylation sites (N-methyl/N-ethyl adjacent to an activating group) is 1. The monoisotopic (exact) mass is 473 g/mol. The summed E-state index contributed by atoms with van der Waals surface area (Å²) in [6.45, 7) is 5.42. The van der Waals surface area contributed by atoms with E-state index in [1.807, 2.05) is 44.2 Å². The quantitative estimate of drug-likeness (QED) is 0.684. The SMILES string of the molecule is C[C@@H]1CN([C@H](C)CO)C(=O)CCCn2nncc2CO[C@@H]1CN(C)C(=O)OCc1ccccc1. The number of carbonyl (C=O) groups is 2. The molecule has 0 saturated carbocycles. The molecule has 1 aromatic carbocycles. The Kier molecular flexibility index (Phi) is 9.41. The van der Waals surface area contributed by atoms with Crippen molar-refractivity contribution in [3.05, 3.63) is 47.8 Å². The van der Waals surface area contributed by atoms with Crippen LogP contribution in [0.1, 0.15) is 37.9 Å². The molecule has 1 aliphatic rings. The van der Waals surface area contributed by atoms with E-state index in [-0.39, 0.29) is 43.7 Å². The van der Waals surface area contributed by atoms with E-state index in [0.717, 1.165) is 11.3 Å². The smallest absolute Gasteiger partial charge is 0.409 e. The minimum absolute atomic E-state index is 0.0231. The van der Waals surface area contributed by atoms with Crippen LogP contribution in [0, 0.1) is 5.92 Å². The van der Waals surface area contributed by atoms with Crippen LogP contribution in [0.25, 0.3) is 0 Å². The molecule has 10 nitrogen and oxygen atoms in total. The van der Waals surface area contributed by atoms with Gasteiger partial charge in [0.25, 0.3) is 0 Å². The van der Waals surface area contributed by atoms with Crippen molar-refractivity contribution in [2.45, 2.75) is 58.6 Å². The maximum absolute atomic E-state index is 12.9. The van der Waals surface area contributed by atoms with E-state index < -0.39 is 6.09 Å². The highest BCUT2D eigenvalue weighted by Gasteiger charge is 2.29. The Hall–Kier alpha value is -2.98. The van der Waals surface area contributed by atoms with Crippen molar-refractivity contribution in [3.63, 3.8) is 0 Å². The lowest BCUT2D eigenvalue weighted by molar-refractivity contribution is -0.136. The van der Waals surface area contributed by atoms with Crippen LogP contribution in [0.15, 0.2) is 36.5 Å². The van der Waals surface area contributed by atoms with Crippen molar-refractivity contribution in [2.24, 2.45) is 5.92 Å². The molecule has 2 heterocycles.